The summed E-state index contributed by atoms with van der Waals surface area (Å²) in [4.78, 5) is 39.0. The number of hydrogen-bond donors (Lipinski definition) is 1. The van der Waals surface area contributed by atoms with Gasteiger partial charge in [-0.25, -0.2) is 4.98 Å². The van der Waals surface area contributed by atoms with E-state index in [0.29, 0.717) is 21.9 Å². The van der Waals surface area contributed by atoms with Crippen LogP contribution in [0, 0.1) is 6.92 Å². The van der Waals surface area contributed by atoms with Crippen molar-refractivity contribution in [3.05, 3.63) is 40.2 Å². The van der Waals surface area contributed by atoms with Crippen molar-refractivity contribution in [1.29, 1.82) is 0 Å². The molecule has 1 aliphatic heterocycles. The molecule has 1 fully saturated rings. The number of amides is 2. The highest BCUT2D eigenvalue weighted by Crippen LogP contribution is 2.26. The zero-order chi connectivity index (χ0) is 15.1. The van der Waals surface area contributed by atoms with E-state index >= 15 is 0 Å². The lowest BCUT2D eigenvalue weighted by Gasteiger charge is -2.01. The molecule has 3 rings (SSSR count). The van der Waals surface area contributed by atoms with Crippen LogP contribution in [0.5, 0.6) is 0 Å². The smallest absolute Gasteiger partial charge is 0.290 e. The topological polar surface area (TPSA) is 80.5 Å². The number of carbonyl (C=O) groups is 3. The number of imide groups is 1. The van der Waals surface area contributed by atoms with Gasteiger partial charge < -0.3 is 0 Å². The van der Waals surface area contributed by atoms with Gasteiger partial charge in [-0.15, -0.1) is 0 Å². The van der Waals surface area contributed by atoms with Crippen molar-refractivity contribution >= 4 is 40.4 Å². The van der Waals surface area contributed by atoms with Crippen molar-refractivity contribution in [2.24, 2.45) is 0 Å². The van der Waals surface area contributed by atoms with Crippen molar-refractivity contribution in [2.45, 2.75) is 13.8 Å². The molecule has 1 saturated heterocycles. The zero-order valence-corrected chi connectivity index (χ0v) is 12.2. The highest BCUT2D eigenvalue weighted by Gasteiger charge is 2.25. The molecule has 106 valence electrons. The van der Waals surface area contributed by atoms with Crippen LogP contribution in [0.25, 0.3) is 11.7 Å². The Balaban J connectivity index is 2.11. The third-order valence-electron chi connectivity index (χ3n) is 3.09. The highest BCUT2D eigenvalue weighted by molar-refractivity contribution is 8.18. The van der Waals surface area contributed by atoms with Gasteiger partial charge in [-0.1, -0.05) is 0 Å². The van der Waals surface area contributed by atoms with Crippen LogP contribution >= 0.6 is 11.8 Å². The third kappa shape index (κ3) is 2.36. The minimum absolute atomic E-state index is 0.0760. The number of thioether (sulfide) groups is 1. The minimum atomic E-state index is -0.404. The predicted octanol–water partition coefficient (Wildman–Crippen LogP) is 2.17. The number of rotatable bonds is 2. The van der Waals surface area contributed by atoms with Crippen molar-refractivity contribution in [1.82, 2.24) is 14.7 Å². The van der Waals surface area contributed by atoms with Crippen LogP contribution in [-0.2, 0) is 4.79 Å². The highest BCUT2D eigenvalue weighted by atomic mass is 32.2. The molecule has 0 spiro atoms. The molecule has 0 unspecified atom stereocenters. The lowest BCUT2D eigenvalue weighted by Crippen LogP contribution is -2.17. The molecule has 0 atom stereocenters. The summed E-state index contributed by atoms with van der Waals surface area (Å²) >= 11 is 0.859. The molecule has 0 aromatic carbocycles. The second-order valence-corrected chi connectivity index (χ2v) is 5.66. The van der Waals surface area contributed by atoms with Gasteiger partial charge in [0, 0.05) is 13.1 Å². The number of nitrogens with one attached hydrogen (secondary N) is 1. The minimum Gasteiger partial charge on any atom is -0.296 e. The molecule has 1 aliphatic rings. The van der Waals surface area contributed by atoms with Gasteiger partial charge in [-0.2, -0.15) is 0 Å². The van der Waals surface area contributed by atoms with Crippen LogP contribution < -0.4 is 5.32 Å². The van der Waals surface area contributed by atoms with Crippen LogP contribution in [0.2, 0.25) is 0 Å². The van der Waals surface area contributed by atoms with Crippen LogP contribution in [-0.4, -0.2) is 26.3 Å². The van der Waals surface area contributed by atoms with Gasteiger partial charge in [0.1, 0.15) is 11.3 Å². The lowest BCUT2D eigenvalue weighted by molar-refractivity contribution is -0.115. The molecule has 7 heteroatoms. The first-order valence-electron chi connectivity index (χ1n) is 6.20. The maximum absolute atomic E-state index is 11.7. The Hall–Kier alpha value is -2.41. The summed E-state index contributed by atoms with van der Waals surface area (Å²) in [5, 5.41) is 1.82. The van der Waals surface area contributed by atoms with Gasteiger partial charge in [0.2, 0.25) is 0 Å². The summed E-state index contributed by atoms with van der Waals surface area (Å²) in [5.41, 5.74) is 2.56. The second-order valence-electron chi connectivity index (χ2n) is 4.64. The van der Waals surface area contributed by atoms with E-state index < -0.39 is 5.91 Å². The second kappa shape index (κ2) is 4.85. The average molecular weight is 301 g/mol. The first-order valence-corrected chi connectivity index (χ1v) is 7.02. The molecule has 0 saturated carbocycles. The Morgan fingerprint density at radius 1 is 1.38 bits per heavy atom. The Bertz CT molecular complexity index is 835. The van der Waals surface area contributed by atoms with Crippen LogP contribution in [0.3, 0.4) is 0 Å². The molecule has 1 N–H and O–H groups in total. The number of imidazole rings is 1. The van der Waals surface area contributed by atoms with E-state index in [9.17, 15) is 14.4 Å². The Morgan fingerprint density at radius 3 is 2.76 bits per heavy atom. The van der Waals surface area contributed by atoms with E-state index in [2.05, 4.69) is 10.3 Å². The normalized spacial score (nSPS) is 16.8. The fraction of sp³-hybridized carbons (Fsp3) is 0.143. The molecule has 2 amide bonds. The maximum Gasteiger partial charge on any atom is 0.290 e. The summed E-state index contributed by atoms with van der Waals surface area (Å²) in [7, 11) is 0. The first kappa shape index (κ1) is 13.6. The van der Waals surface area contributed by atoms with Gasteiger partial charge in [0.05, 0.1) is 10.6 Å². The summed E-state index contributed by atoms with van der Waals surface area (Å²) in [6.45, 7) is 3.27. The van der Waals surface area contributed by atoms with E-state index in [0.717, 1.165) is 17.3 Å². The molecule has 3 heterocycles. The predicted molar refractivity (Wildman–Crippen MR) is 79.0 cm³/mol. The number of nitrogens with zero attached hydrogens (tertiary/aromatic N) is 2. The number of Topliss-reactive ketones (excluding diaryl/α,β-unsaturated/α-hetero) is 1. The number of hydrogen-bond acceptors (Lipinski definition) is 5. The van der Waals surface area contributed by atoms with Crippen LogP contribution in [0.4, 0.5) is 4.79 Å². The molecule has 6 nitrogen and oxygen atoms in total. The average Bonchev–Trinajstić information content (AvgIpc) is 2.88. The van der Waals surface area contributed by atoms with Crippen molar-refractivity contribution in [3.63, 3.8) is 0 Å². The molecule has 0 bridgehead atoms. The summed E-state index contributed by atoms with van der Waals surface area (Å²) in [5.74, 6) is -0.480. The fourth-order valence-corrected chi connectivity index (χ4v) is 2.94. The fourth-order valence-electron chi connectivity index (χ4n) is 2.26. The number of aryl methyl sites for hydroxylation is 1. The quantitative estimate of drug-likeness (QED) is 0.679. The molecular formula is C14H11N3O3S. The Kier molecular flexibility index (Phi) is 3.13. The molecular weight excluding hydrogens is 290 g/mol. The van der Waals surface area contributed by atoms with Gasteiger partial charge in [0.15, 0.2) is 5.78 Å². The van der Waals surface area contributed by atoms with Gasteiger partial charge in [-0.3, -0.25) is 24.1 Å². The monoisotopic (exact) mass is 301 g/mol. The third-order valence-corrected chi connectivity index (χ3v) is 3.90. The molecule has 2 aromatic rings. The van der Waals surface area contributed by atoms with E-state index in [1.165, 1.54) is 6.92 Å². The standard InChI is InChI=1S/C14H11N3O3S/c1-7-12(8(2)18)17-6-9(3-4-11(17)15-7)5-10-13(19)16-14(20)21-10/h3-6H,1-2H3,(H,16,19,20). The van der Waals surface area contributed by atoms with Gasteiger partial charge >= 0.3 is 0 Å². The van der Waals surface area contributed by atoms with E-state index in [1.54, 1.807) is 35.7 Å². The SMILES string of the molecule is CC(=O)c1c(C)nc2ccc(C=C3SC(=O)NC3=O)cn12. The van der Waals surface area contributed by atoms with Crippen LogP contribution in [0.15, 0.2) is 23.2 Å². The van der Waals surface area contributed by atoms with Gasteiger partial charge in [0.25, 0.3) is 11.1 Å². The largest absolute Gasteiger partial charge is 0.296 e. The van der Waals surface area contributed by atoms with Gasteiger partial charge in [-0.05, 0) is 42.5 Å². The van der Waals surface area contributed by atoms with E-state index in [-0.39, 0.29) is 11.0 Å². The first-order chi connectivity index (χ1) is 9.95. The zero-order valence-electron chi connectivity index (χ0n) is 11.3. The Morgan fingerprint density at radius 2 is 2.14 bits per heavy atom. The summed E-state index contributed by atoms with van der Waals surface area (Å²) in [6, 6.07) is 3.56. The number of fused-ring (bicyclic) bond motifs is 1. The van der Waals surface area contributed by atoms with Crippen molar-refractivity contribution in [3.8, 4) is 0 Å². The van der Waals surface area contributed by atoms with E-state index in [4.69, 9.17) is 0 Å². The molecule has 21 heavy (non-hydrogen) atoms. The molecule has 2 aromatic heterocycles. The van der Waals surface area contributed by atoms with Crippen LogP contribution in [0.1, 0.15) is 28.7 Å². The Labute approximate surface area is 124 Å². The number of carbonyl (C=O) groups excluding carboxylic acids is 3. The number of pyridine rings is 1. The number of ketones is 1. The van der Waals surface area contributed by atoms with Crippen molar-refractivity contribution < 1.29 is 14.4 Å². The summed E-state index contributed by atoms with van der Waals surface area (Å²) < 4.78 is 1.70. The maximum atomic E-state index is 11.7. The lowest BCUT2D eigenvalue weighted by atomic mass is 10.2. The number of aromatic nitrogens is 2. The van der Waals surface area contributed by atoms with E-state index in [1.807, 2.05) is 0 Å². The molecule has 0 radical (unpaired) electrons. The molecule has 0 aliphatic carbocycles. The van der Waals surface area contributed by atoms with Crippen molar-refractivity contribution in [2.75, 3.05) is 0 Å². The summed E-state index contributed by atoms with van der Waals surface area (Å²) in [6.07, 6.45) is 3.35.